The van der Waals surface area contributed by atoms with E-state index >= 15 is 0 Å². The smallest absolute Gasteiger partial charge is 0.339 e. The average Bonchev–Trinajstić information content (AvgIpc) is 2.35. The summed E-state index contributed by atoms with van der Waals surface area (Å²) in [5.74, 6) is -1.02. The maximum Gasteiger partial charge on any atom is 0.339 e. The fourth-order valence-corrected chi connectivity index (χ4v) is 2.15. The molecule has 0 radical (unpaired) electrons. The number of aryl methyl sites for hydroxylation is 1. The molecule has 0 atom stereocenters. The Labute approximate surface area is 130 Å². The number of nitrogens with one attached hydrogen (secondary N) is 1. The standard InChI is InChI=1S/C13H9Cl3N2O2/c1-6-4-9(15)10(5-8(6)14)17-12-7(13(19)20)2-3-11(16)18-12/h2-5H,1H3,(H,17,18)(H,19,20). The van der Waals surface area contributed by atoms with Gasteiger partial charge >= 0.3 is 5.97 Å². The van der Waals surface area contributed by atoms with Crippen LogP contribution in [0, 0.1) is 6.92 Å². The van der Waals surface area contributed by atoms with Gasteiger partial charge in [0.25, 0.3) is 0 Å². The molecular weight excluding hydrogens is 323 g/mol. The quantitative estimate of drug-likeness (QED) is 0.794. The lowest BCUT2D eigenvalue weighted by atomic mass is 10.2. The van der Waals surface area contributed by atoms with Crippen molar-refractivity contribution in [3.8, 4) is 0 Å². The van der Waals surface area contributed by atoms with Crippen LogP contribution in [0.5, 0.6) is 0 Å². The third-order valence-electron chi connectivity index (χ3n) is 2.59. The first-order chi connectivity index (χ1) is 9.38. The van der Waals surface area contributed by atoms with Crippen LogP contribution in [0.2, 0.25) is 15.2 Å². The molecule has 0 amide bonds. The molecule has 2 aromatic rings. The number of pyridine rings is 1. The van der Waals surface area contributed by atoms with Crippen molar-refractivity contribution < 1.29 is 9.90 Å². The van der Waals surface area contributed by atoms with Crippen molar-refractivity contribution in [1.29, 1.82) is 0 Å². The Morgan fingerprint density at radius 1 is 1.20 bits per heavy atom. The van der Waals surface area contributed by atoms with Crippen LogP contribution in [0.3, 0.4) is 0 Å². The van der Waals surface area contributed by atoms with Crippen molar-refractivity contribution >= 4 is 52.3 Å². The summed E-state index contributed by atoms with van der Waals surface area (Å²) in [5, 5.41) is 13.0. The fourth-order valence-electron chi connectivity index (χ4n) is 1.57. The van der Waals surface area contributed by atoms with Crippen LogP contribution in [0.4, 0.5) is 11.5 Å². The zero-order chi connectivity index (χ0) is 14.9. The van der Waals surface area contributed by atoms with Crippen LogP contribution in [0.15, 0.2) is 24.3 Å². The largest absolute Gasteiger partial charge is 0.478 e. The molecule has 0 bridgehead atoms. The monoisotopic (exact) mass is 330 g/mol. The number of anilines is 2. The Balaban J connectivity index is 2.47. The van der Waals surface area contributed by atoms with Crippen LogP contribution in [-0.2, 0) is 0 Å². The lowest BCUT2D eigenvalue weighted by Gasteiger charge is -2.12. The molecule has 4 nitrogen and oxygen atoms in total. The van der Waals surface area contributed by atoms with E-state index in [-0.39, 0.29) is 16.5 Å². The van der Waals surface area contributed by atoms with Gasteiger partial charge in [-0.2, -0.15) is 0 Å². The van der Waals surface area contributed by atoms with Gasteiger partial charge in [-0.15, -0.1) is 0 Å². The Hall–Kier alpha value is -1.49. The van der Waals surface area contributed by atoms with Gasteiger partial charge < -0.3 is 10.4 Å². The summed E-state index contributed by atoms with van der Waals surface area (Å²) in [6, 6.07) is 6.05. The topological polar surface area (TPSA) is 62.2 Å². The molecule has 20 heavy (non-hydrogen) atoms. The van der Waals surface area contributed by atoms with Gasteiger partial charge in [-0.05, 0) is 36.8 Å². The van der Waals surface area contributed by atoms with E-state index in [4.69, 9.17) is 39.9 Å². The normalized spacial score (nSPS) is 10.4. The first-order valence-electron chi connectivity index (χ1n) is 5.51. The van der Waals surface area contributed by atoms with Crippen LogP contribution >= 0.6 is 34.8 Å². The molecule has 0 fully saturated rings. The number of halogens is 3. The number of benzene rings is 1. The zero-order valence-corrected chi connectivity index (χ0v) is 12.5. The van der Waals surface area contributed by atoms with Gasteiger partial charge in [0, 0.05) is 5.02 Å². The molecule has 0 unspecified atom stereocenters. The minimum atomic E-state index is -1.12. The Bertz CT molecular complexity index is 690. The van der Waals surface area contributed by atoms with Crippen molar-refractivity contribution in [1.82, 2.24) is 4.98 Å². The van der Waals surface area contributed by atoms with Crippen molar-refractivity contribution in [2.45, 2.75) is 6.92 Å². The Kier molecular flexibility index (Phi) is 4.38. The molecule has 7 heteroatoms. The molecule has 0 aliphatic carbocycles. The minimum Gasteiger partial charge on any atom is -0.478 e. The van der Waals surface area contributed by atoms with Crippen molar-refractivity contribution in [2.24, 2.45) is 0 Å². The summed E-state index contributed by atoms with van der Waals surface area (Å²) < 4.78 is 0. The predicted octanol–water partition coefficient (Wildman–Crippen LogP) is 4.79. The molecule has 2 N–H and O–H groups in total. The molecule has 0 saturated carbocycles. The number of carboxylic acid groups (broad SMARTS) is 1. The van der Waals surface area contributed by atoms with Gasteiger partial charge in [-0.3, -0.25) is 0 Å². The van der Waals surface area contributed by atoms with E-state index < -0.39 is 5.97 Å². The maximum atomic E-state index is 11.1. The van der Waals surface area contributed by atoms with E-state index in [1.165, 1.54) is 12.1 Å². The number of nitrogens with zero attached hydrogens (tertiary/aromatic N) is 1. The molecule has 1 heterocycles. The van der Waals surface area contributed by atoms with Crippen molar-refractivity contribution in [3.05, 3.63) is 50.6 Å². The van der Waals surface area contributed by atoms with E-state index in [1.807, 2.05) is 6.92 Å². The van der Waals surface area contributed by atoms with Crippen LogP contribution < -0.4 is 5.32 Å². The van der Waals surface area contributed by atoms with Gasteiger partial charge in [0.15, 0.2) is 0 Å². The third-order valence-corrected chi connectivity index (χ3v) is 3.52. The summed E-state index contributed by atoms with van der Waals surface area (Å²) >= 11 is 17.9. The van der Waals surface area contributed by atoms with E-state index in [0.717, 1.165) is 5.56 Å². The Morgan fingerprint density at radius 2 is 1.90 bits per heavy atom. The highest BCUT2D eigenvalue weighted by molar-refractivity contribution is 6.36. The molecule has 0 aliphatic heterocycles. The van der Waals surface area contributed by atoms with E-state index in [2.05, 4.69) is 10.3 Å². The molecule has 1 aromatic carbocycles. The van der Waals surface area contributed by atoms with E-state index in [9.17, 15) is 4.79 Å². The third kappa shape index (κ3) is 3.15. The molecule has 0 spiro atoms. The van der Waals surface area contributed by atoms with Gasteiger partial charge in [0.05, 0.1) is 10.7 Å². The van der Waals surface area contributed by atoms with Crippen LogP contribution in [0.1, 0.15) is 15.9 Å². The van der Waals surface area contributed by atoms with Gasteiger partial charge in [0.1, 0.15) is 16.5 Å². The van der Waals surface area contributed by atoms with Crippen molar-refractivity contribution in [3.63, 3.8) is 0 Å². The Morgan fingerprint density at radius 3 is 2.55 bits per heavy atom. The van der Waals surface area contributed by atoms with Crippen molar-refractivity contribution in [2.75, 3.05) is 5.32 Å². The lowest BCUT2D eigenvalue weighted by Crippen LogP contribution is -2.05. The zero-order valence-electron chi connectivity index (χ0n) is 10.2. The fraction of sp³-hybridized carbons (Fsp3) is 0.0769. The summed E-state index contributed by atoms with van der Waals surface area (Å²) in [6.45, 7) is 1.82. The van der Waals surface area contributed by atoms with E-state index in [0.29, 0.717) is 15.7 Å². The number of carbonyl (C=O) groups is 1. The summed E-state index contributed by atoms with van der Waals surface area (Å²) in [7, 11) is 0. The second-order valence-electron chi connectivity index (χ2n) is 4.04. The molecular formula is C13H9Cl3N2O2. The number of aromatic carboxylic acids is 1. The number of rotatable bonds is 3. The molecule has 0 aliphatic rings. The minimum absolute atomic E-state index is 0.0119. The average molecular weight is 332 g/mol. The summed E-state index contributed by atoms with van der Waals surface area (Å²) in [6.07, 6.45) is 0. The summed E-state index contributed by atoms with van der Waals surface area (Å²) in [5.41, 5.74) is 1.27. The number of aromatic nitrogens is 1. The van der Waals surface area contributed by atoms with Gasteiger partial charge in [0.2, 0.25) is 0 Å². The molecule has 1 aromatic heterocycles. The van der Waals surface area contributed by atoms with Gasteiger partial charge in [-0.1, -0.05) is 34.8 Å². The van der Waals surface area contributed by atoms with E-state index in [1.54, 1.807) is 12.1 Å². The first kappa shape index (κ1) is 14.9. The SMILES string of the molecule is Cc1cc(Cl)c(Nc2nc(Cl)ccc2C(=O)O)cc1Cl. The van der Waals surface area contributed by atoms with Crippen LogP contribution in [0.25, 0.3) is 0 Å². The number of carboxylic acids is 1. The second-order valence-corrected chi connectivity index (χ2v) is 5.24. The number of hydrogen-bond acceptors (Lipinski definition) is 3. The molecule has 104 valence electrons. The lowest BCUT2D eigenvalue weighted by molar-refractivity contribution is 0.0697. The highest BCUT2D eigenvalue weighted by Crippen LogP contribution is 2.31. The summed E-state index contributed by atoms with van der Waals surface area (Å²) in [4.78, 5) is 15.1. The first-order valence-corrected chi connectivity index (χ1v) is 6.64. The van der Waals surface area contributed by atoms with Crippen LogP contribution in [-0.4, -0.2) is 16.1 Å². The second kappa shape index (κ2) is 5.87. The highest BCUT2D eigenvalue weighted by Gasteiger charge is 2.14. The highest BCUT2D eigenvalue weighted by atomic mass is 35.5. The maximum absolute atomic E-state index is 11.1. The predicted molar refractivity (Wildman–Crippen MR) is 80.7 cm³/mol. The van der Waals surface area contributed by atoms with Gasteiger partial charge in [-0.25, -0.2) is 9.78 Å². The molecule has 2 rings (SSSR count). The number of hydrogen-bond donors (Lipinski definition) is 2. The molecule has 0 saturated heterocycles.